The van der Waals surface area contributed by atoms with Crippen LogP contribution in [-0.4, -0.2) is 35.3 Å². The number of ketones is 1. The predicted octanol–water partition coefficient (Wildman–Crippen LogP) is 5.88. The van der Waals surface area contributed by atoms with Gasteiger partial charge >= 0.3 is 0 Å². The zero-order valence-electron chi connectivity index (χ0n) is 19.1. The molecule has 2 unspecified atom stereocenters. The number of Topliss-reactive ketones (excluding diaryl/α,β-unsaturated/α-hetero) is 1. The van der Waals surface area contributed by atoms with Gasteiger partial charge in [-0.2, -0.15) is 0 Å². The molecule has 1 aliphatic heterocycles. The summed E-state index contributed by atoms with van der Waals surface area (Å²) in [6.07, 6.45) is 5.20. The quantitative estimate of drug-likeness (QED) is 0.369. The number of rotatable bonds is 7. The van der Waals surface area contributed by atoms with Crippen LogP contribution in [0.1, 0.15) is 69.4 Å². The van der Waals surface area contributed by atoms with E-state index in [1.165, 1.54) is 5.56 Å². The number of benzene rings is 2. The third kappa shape index (κ3) is 5.16. The van der Waals surface area contributed by atoms with E-state index < -0.39 is 6.04 Å². The van der Waals surface area contributed by atoms with E-state index in [9.17, 15) is 9.59 Å². The number of aromatic nitrogens is 1. The van der Waals surface area contributed by atoms with Crippen molar-refractivity contribution in [1.82, 2.24) is 15.6 Å². The van der Waals surface area contributed by atoms with Gasteiger partial charge in [-0.1, -0.05) is 58.2 Å². The van der Waals surface area contributed by atoms with Crippen molar-refractivity contribution < 1.29 is 9.59 Å². The minimum absolute atomic E-state index is 0.110. The van der Waals surface area contributed by atoms with Crippen LogP contribution in [0.4, 0.5) is 0 Å². The van der Waals surface area contributed by atoms with Crippen LogP contribution in [0.3, 0.4) is 0 Å². The molecule has 2 aromatic carbocycles. The first-order chi connectivity index (χ1) is 16.5. The number of carbonyl (C=O) groups is 2. The molecule has 3 aromatic rings. The summed E-state index contributed by atoms with van der Waals surface area (Å²) in [6.45, 7) is 2.90. The van der Waals surface area contributed by atoms with Gasteiger partial charge < -0.3 is 10.6 Å². The van der Waals surface area contributed by atoms with E-state index in [0.717, 1.165) is 58.6 Å². The van der Waals surface area contributed by atoms with Gasteiger partial charge in [-0.25, -0.2) is 4.98 Å². The summed E-state index contributed by atoms with van der Waals surface area (Å²) in [4.78, 5) is 33.0. The molecule has 1 aliphatic carbocycles. The second kappa shape index (κ2) is 10.1. The standard InChI is InChI=1S/C27H28BrN3O2S/c1-16-8-10-17(11-9-16)25-23(31-27(34-25)18-12-13-18)24(32)22(21-7-2-3-14-29-21)30-26(33)19-5-4-6-20(28)15-19/h4-6,8-11,15,18,21-22,29H,2-3,7,12-14H2,1H3,(H,30,33). The molecule has 2 atom stereocenters. The fourth-order valence-electron chi connectivity index (χ4n) is 4.42. The van der Waals surface area contributed by atoms with Crippen molar-refractivity contribution in [3.63, 3.8) is 0 Å². The van der Waals surface area contributed by atoms with Crippen LogP contribution in [0, 0.1) is 6.92 Å². The highest BCUT2D eigenvalue weighted by molar-refractivity contribution is 9.10. The Morgan fingerprint density at radius 3 is 2.59 bits per heavy atom. The second-order valence-corrected chi connectivity index (χ2v) is 11.2. The molecule has 1 amide bonds. The lowest BCUT2D eigenvalue weighted by molar-refractivity contribution is 0.0823. The molecule has 7 heteroatoms. The van der Waals surface area contributed by atoms with Crippen molar-refractivity contribution in [2.45, 2.75) is 57.0 Å². The minimum Gasteiger partial charge on any atom is -0.340 e. The molecular formula is C27H28BrN3O2S. The summed E-state index contributed by atoms with van der Waals surface area (Å²) in [6, 6.07) is 14.7. The van der Waals surface area contributed by atoms with Gasteiger partial charge in [0, 0.05) is 22.0 Å². The molecule has 2 heterocycles. The SMILES string of the molecule is Cc1ccc(-c2sc(C3CC3)nc2C(=O)C(NC(=O)c2cccc(Br)c2)C2CCCCN2)cc1. The fraction of sp³-hybridized carbons (Fsp3) is 0.370. The van der Waals surface area contributed by atoms with Crippen molar-refractivity contribution in [2.24, 2.45) is 0 Å². The average Bonchev–Trinajstić information content (AvgIpc) is 3.61. The van der Waals surface area contributed by atoms with Crippen molar-refractivity contribution in [3.05, 3.63) is 74.8 Å². The zero-order valence-corrected chi connectivity index (χ0v) is 21.5. The Hall–Kier alpha value is -2.35. The number of thiazole rings is 1. The molecule has 2 fully saturated rings. The first kappa shape index (κ1) is 23.4. The van der Waals surface area contributed by atoms with Crippen molar-refractivity contribution in [2.75, 3.05) is 6.54 Å². The fourth-order valence-corrected chi connectivity index (χ4v) is 6.07. The van der Waals surface area contributed by atoms with Crippen LogP contribution < -0.4 is 10.6 Å². The molecule has 0 radical (unpaired) electrons. The van der Waals surface area contributed by atoms with Crippen LogP contribution in [0.5, 0.6) is 0 Å². The molecule has 34 heavy (non-hydrogen) atoms. The summed E-state index contributed by atoms with van der Waals surface area (Å²) in [5.41, 5.74) is 3.20. The number of hydrogen-bond acceptors (Lipinski definition) is 5. The van der Waals surface area contributed by atoms with Crippen molar-refractivity contribution in [3.8, 4) is 10.4 Å². The highest BCUT2D eigenvalue weighted by Crippen LogP contribution is 2.45. The highest BCUT2D eigenvalue weighted by Gasteiger charge is 2.36. The van der Waals surface area contributed by atoms with Crippen molar-refractivity contribution in [1.29, 1.82) is 0 Å². The second-order valence-electron chi connectivity index (χ2n) is 9.25. The van der Waals surface area contributed by atoms with Crippen LogP contribution in [0.25, 0.3) is 10.4 Å². The number of halogens is 1. The molecule has 2 N–H and O–H groups in total. The topological polar surface area (TPSA) is 71.1 Å². The average molecular weight is 539 g/mol. The van der Waals surface area contributed by atoms with E-state index in [1.54, 1.807) is 23.5 Å². The van der Waals surface area contributed by atoms with Gasteiger partial charge in [-0.3, -0.25) is 9.59 Å². The molecule has 2 aliphatic rings. The molecular weight excluding hydrogens is 510 g/mol. The Bertz CT molecular complexity index is 1200. The summed E-state index contributed by atoms with van der Waals surface area (Å²) >= 11 is 5.06. The number of aryl methyl sites for hydroxylation is 1. The van der Waals surface area contributed by atoms with Crippen LogP contribution in [0.15, 0.2) is 53.0 Å². The number of carbonyl (C=O) groups excluding carboxylic acids is 2. The molecule has 5 nitrogen and oxygen atoms in total. The normalized spacial score (nSPS) is 18.9. The molecule has 1 aromatic heterocycles. The van der Waals surface area contributed by atoms with Gasteiger partial charge in [-0.15, -0.1) is 11.3 Å². The highest BCUT2D eigenvalue weighted by atomic mass is 79.9. The lowest BCUT2D eigenvalue weighted by Gasteiger charge is -2.31. The predicted molar refractivity (Wildman–Crippen MR) is 140 cm³/mol. The maximum atomic E-state index is 14.1. The maximum absolute atomic E-state index is 14.1. The Kier molecular flexibility index (Phi) is 6.95. The molecule has 1 saturated heterocycles. The van der Waals surface area contributed by atoms with E-state index in [-0.39, 0.29) is 17.7 Å². The monoisotopic (exact) mass is 537 g/mol. The summed E-state index contributed by atoms with van der Waals surface area (Å²) in [7, 11) is 0. The van der Waals surface area contributed by atoms with Crippen molar-refractivity contribution >= 4 is 39.0 Å². The van der Waals surface area contributed by atoms with E-state index >= 15 is 0 Å². The Balaban J connectivity index is 1.50. The molecule has 1 saturated carbocycles. The molecule has 5 rings (SSSR count). The first-order valence-electron chi connectivity index (χ1n) is 11.9. The van der Waals surface area contributed by atoms with E-state index in [4.69, 9.17) is 4.98 Å². The van der Waals surface area contributed by atoms with E-state index in [1.807, 2.05) is 12.1 Å². The van der Waals surface area contributed by atoms with Crippen LogP contribution in [0.2, 0.25) is 0 Å². The summed E-state index contributed by atoms with van der Waals surface area (Å²) < 4.78 is 0.828. The lowest BCUT2D eigenvalue weighted by atomic mass is 9.92. The van der Waals surface area contributed by atoms with Gasteiger partial charge in [0.25, 0.3) is 5.91 Å². The maximum Gasteiger partial charge on any atom is 0.251 e. The van der Waals surface area contributed by atoms with Gasteiger partial charge in [0.2, 0.25) is 5.78 Å². The number of nitrogens with zero attached hydrogens (tertiary/aromatic N) is 1. The largest absolute Gasteiger partial charge is 0.340 e. The van der Waals surface area contributed by atoms with Crippen LogP contribution in [-0.2, 0) is 0 Å². The summed E-state index contributed by atoms with van der Waals surface area (Å²) in [5.74, 6) is 0.0984. The third-order valence-electron chi connectivity index (χ3n) is 6.52. The Morgan fingerprint density at radius 1 is 1.12 bits per heavy atom. The Labute approximate surface area is 212 Å². The Morgan fingerprint density at radius 2 is 1.91 bits per heavy atom. The minimum atomic E-state index is -0.676. The third-order valence-corrected chi connectivity index (χ3v) is 8.28. The van der Waals surface area contributed by atoms with E-state index in [2.05, 4.69) is 57.8 Å². The zero-order chi connectivity index (χ0) is 23.7. The van der Waals surface area contributed by atoms with E-state index in [0.29, 0.717) is 17.2 Å². The van der Waals surface area contributed by atoms with Gasteiger partial charge in [0.15, 0.2) is 0 Å². The van der Waals surface area contributed by atoms with Gasteiger partial charge in [0.1, 0.15) is 11.7 Å². The molecule has 0 bridgehead atoms. The number of nitrogens with one attached hydrogen (secondary N) is 2. The number of hydrogen-bond donors (Lipinski definition) is 2. The van der Waals surface area contributed by atoms with Gasteiger partial charge in [-0.05, 0) is 62.9 Å². The van der Waals surface area contributed by atoms with Crippen LogP contribution >= 0.6 is 27.3 Å². The lowest BCUT2D eigenvalue weighted by Crippen LogP contribution is -2.55. The summed E-state index contributed by atoms with van der Waals surface area (Å²) in [5, 5.41) is 7.58. The molecule has 0 spiro atoms. The molecule has 176 valence electrons. The van der Waals surface area contributed by atoms with Gasteiger partial charge in [0.05, 0.1) is 9.88 Å². The smallest absolute Gasteiger partial charge is 0.251 e. The number of amides is 1. The first-order valence-corrected chi connectivity index (χ1v) is 13.5. The number of piperidine rings is 1.